The SMILES string of the molecule is CNCc1nc(O)c(-c2ccccc2Cl)c(=O)[nH]1. The van der Waals surface area contributed by atoms with E-state index in [1.165, 1.54) is 0 Å². The minimum atomic E-state index is -0.416. The van der Waals surface area contributed by atoms with Gasteiger partial charge < -0.3 is 15.4 Å². The molecule has 1 aromatic heterocycles. The maximum Gasteiger partial charge on any atom is 0.262 e. The van der Waals surface area contributed by atoms with Crippen LogP contribution in [-0.2, 0) is 6.54 Å². The standard InChI is InChI=1S/C12H12ClN3O2/c1-14-6-9-15-11(17)10(12(18)16-9)7-4-2-3-5-8(7)13/h2-5,14H,6H2,1H3,(H2,15,16,17,18). The number of aromatic nitrogens is 2. The summed E-state index contributed by atoms with van der Waals surface area (Å²) in [5.41, 5.74) is 0.128. The summed E-state index contributed by atoms with van der Waals surface area (Å²) in [6.45, 7) is 0.367. The van der Waals surface area contributed by atoms with Crippen LogP contribution in [0.4, 0.5) is 0 Å². The van der Waals surface area contributed by atoms with E-state index in [-0.39, 0.29) is 11.4 Å². The van der Waals surface area contributed by atoms with Crippen LogP contribution in [0.15, 0.2) is 29.1 Å². The highest BCUT2D eigenvalue weighted by Gasteiger charge is 2.14. The molecule has 18 heavy (non-hydrogen) atoms. The lowest BCUT2D eigenvalue weighted by molar-refractivity contribution is 0.449. The number of H-pyrrole nitrogens is 1. The van der Waals surface area contributed by atoms with Gasteiger partial charge in [-0.1, -0.05) is 29.8 Å². The number of hydrogen-bond donors (Lipinski definition) is 3. The van der Waals surface area contributed by atoms with E-state index in [1.54, 1.807) is 31.3 Å². The zero-order valence-electron chi connectivity index (χ0n) is 9.70. The molecule has 0 aliphatic heterocycles. The molecule has 0 saturated heterocycles. The molecule has 0 aliphatic carbocycles. The van der Waals surface area contributed by atoms with Crippen LogP contribution in [0.5, 0.6) is 5.88 Å². The third kappa shape index (κ3) is 2.37. The summed E-state index contributed by atoms with van der Waals surface area (Å²) in [5, 5.41) is 13.1. The number of hydrogen-bond acceptors (Lipinski definition) is 4. The molecule has 3 N–H and O–H groups in total. The minimum absolute atomic E-state index is 0.0838. The Morgan fingerprint density at radius 3 is 2.78 bits per heavy atom. The number of aromatic hydroxyl groups is 1. The molecule has 1 aromatic carbocycles. The first kappa shape index (κ1) is 12.6. The smallest absolute Gasteiger partial charge is 0.262 e. The fraction of sp³-hybridized carbons (Fsp3) is 0.167. The van der Waals surface area contributed by atoms with E-state index in [2.05, 4.69) is 15.3 Å². The molecule has 0 fully saturated rings. The summed E-state index contributed by atoms with van der Waals surface area (Å²) in [6, 6.07) is 6.80. The Bertz CT molecular complexity index is 625. The molecular formula is C12H12ClN3O2. The predicted molar refractivity (Wildman–Crippen MR) is 69.7 cm³/mol. The van der Waals surface area contributed by atoms with Gasteiger partial charge in [0.1, 0.15) is 11.4 Å². The fourth-order valence-electron chi connectivity index (χ4n) is 1.66. The van der Waals surface area contributed by atoms with Crippen molar-refractivity contribution < 1.29 is 5.11 Å². The van der Waals surface area contributed by atoms with Gasteiger partial charge in [0.2, 0.25) is 5.88 Å². The van der Waals surface area contributed by atoms with Crippen LogP contribution in [0, 0.1) is 0 Å². The highest BCUT2D eigenvalue weighted by molar-refractivity contribution is 6.33. The molecule has 0 unspecified atom stereocenters. The summed E-state index contributed by atoms with van der Waals surface area (Å²) in [6.07, 6.45) is 0. The molecule has 6 heteroatoms. The van der Waals surface area contributed by atoms with Gasteiger partial charge in [0.05, 0.1) is 6.54 Å². The Labute approximate surface area is 108 Å². The second-order valence-corrected chi connectivity index (χ2v) is 4.13. The van der Waals surface area contributed by atoms with Gasteiger partial charge in [0.15, 0.2) is 0 Å². The molecule has 1 heterocycles. The Balaban J connectivity index is 2.60. The second-order valence-electron chi connectivity index (χ2n) is 3.72. The Kier molecular flexibility index (Phi) is 3.64. The Morgan fingerprint density at radius 2 is 2.17 bits per heavy atom. The van der Waals surface area contributed by atoms with Gasteiger partial charge in [-0.25, -0.2) is 0 Å². The van der Waals surface area contributed by atoms with Crippen LogP contribution in [0.2, 0.25) is 5.02 Å². The maximum absolute atomic E-state index is 11.9. The lowest BCUT2D eigenvalue weighted by Gasteiger charge is -2.07. The lowest BCUT2D eigenvalue weighted by Crippen LogP contribution is -2.18. The molecule has 0 atom stereocenters. The molecular weight excluding hydrogens is 254 g/mol. The third-order valence-corrected chi connectivity index (χ3v) is 2.77. The number of nitrogens with one attached hydrogen (secondary N) is 2. The van der Waals surface area contributed by atoms with Crippen molar-refractivity contribution in [1.29, 1.82) is 0 Å². The molecule has 2 rings (SSSR count). The first-order chi connectivity index (χ1) is 8.63. The third-order valence-electron chi connectivity index (χ3n) is 2.44. The topological polar surface area (TPSA) is 78.0 Å². The monoisotopic (exact) mass is 265 g/mol. The number of rotatable bonds is 3. The summed E-state index contributed by atoms with van der Waals surface area (Å²) in [5.74, 6) is 0.0490. The molecule has 0 bridgehead atoms. The van der Waals surface area contributed by atoms with Crippen molar-refractivity contribution in [3.8, 4) is 17.0 Å². The highest BCUT2D eigenvalue weighted by Crippen LogP contribution is 2.29. The fourth-order valence-corrected chi connectivity index (χ4v) is 1.89. The largest absolute Gasteiger partial charge is 0.493 e. The van der Waals surface area contributed by atoms with Crippen molar-refractivity contribution in [2.45, 2.75) is 6.54 Å². The van der Waals surface area contributed by atoms with Gasteiger partial charge in [-0.3, -0.25) is 4.79 Å². The quantitative estimate of drug-likeness (QED) is 0.786. The van der Waals surface area contributed by atoms with Crippen LogP contribution < -0.4 is 10.9 Å². The highest BCUT2D eigenvalue weighted by atomic mass is 35.5. The van der Waals surface area contributed by atoms with E-state index < -0.39 is 5.56 Å². The van der Waals surface area contributed by atoms with Crippen LogP contribution in [0.1, 0.15) is 5.82 Å². The van der Waals surface area contributed by atoms with Crippen molar-refractivity contribution in [2.75, 3.05) is 7.05 Å². The van der Waals surface area contributed by atoms with Crippen LogP contribution in [0.3, 0.4) is 0 Å². The van der Waals surface area contributed by atoms with Gasteiger partial charge in [0.25, 0.3) is 5.56 Å². The van der Waals surface area contributed by atoms with Gasteiger partial charge in [-0.15, -0.1) is 0 Å². The van der Waals surface area contributed by atoms with Crippen LogP contribution in [0.25, 0.3) is 11.1 Å². The van der Waals surface area contributed by atoms with Crippen molar-refractivity contribution in [2.24, 2.45) is 0 Å². The van der Waals surface area contributed by atoms with Gasteiger partial charge in [0, 0.05) is 10.6 Å². The molecule has 0 amide bonds. The number of nitrogens with zero attached hydrogens (tertiary/aromatic N) is 1. The van der Waals surface area contributed by atoms with E-state index in [0.717, 1.165) is 0 Å². The van der Waals surface area contributed by atoms with E-state index in [0.29, 0.717) is 23.0 Å². The van der Waals surface area contributed by atoms with E-state index in [4.69, 9.17) is 11.6 Å². The summed E-state index contributed by atoms with van der Waals surface area (Å²) < 4.78 is 0. The summed E-state index contributed by atoms with van der Waals surface area (Å²) in [7, 11) is 1.72. The summed E-state index contributed by atoms with van der Waals surface area (Å²) >= 11 is 6.00. The average Bonchev–Trinajstić information content (AvgIpc) is 2.31. The number of aromatic amines is 1. The molecule has 0 radical (unpaired) electrons. The molecule has 0 aliphatic rings. The number of benzene rings is 1. The Morgan fingerprint density at radius 1 is 1.44 bits per heavy atom. The molecule has 2 aromatic rings. The zero-order valence-corrected chi connectivity index (χ0v) is 10.5. The van der Waals surface area contributed by atoms with Crippen molar-refractivity contribution in [3.63, 3.8) is 0 Å². The lowest BCUT2D eigenvalue weighted by atomic mass is 10.1. The predicted octanol–water partition coefficient (Wildman–Crippen LogP) is 1.52. The Hall–Kier alpha value is -1.85. The normalized spacial score (nSPS) is 10.6. The molecule has 0 spiro atoms. The first-order valence-corrected chi connectivity index (χ1v) is 5.73. The summed E-state index contributed by atoms with van der Waals surface area (Å²) in [4.78, 5) is 18.5. The van der Waals surface area contributed by atoms with E-state index >= 15 is 0 Å². The van der Waals surface area contributed by atoms with Gasteiger partial charge in [-0.2, -0.15) is 4.98 Å². The van der Waals surface area contributed by atoms with Gasteiger partial charge >= 0.3 is 0 Å². The zero-order chi connectivity index (χ0) is 13.1. The minimum Gasteiger partial charge on any atom is -0.493 e. The van der Waals surface area contributed by atoms with Gasteiger partial charge in [-0.05, 0) is 13.1 Å². The molecule has 0 saturated carbocycles. The number of halogens is 1. The first-order valence-electron chi connectivity index (χ1n) is 5.35. The van der Waals surface area contributed by atoms with Crippen LogP contribution >= 0.6 is 11.6 Å². The van der Waals surface area contributed by atoms with E-state index in [1.807, 2.05) is 0 Å². The second kappa shape index (κ2) is 5.20. The van der Waals surface area contributed by atoms with Crippen molar-refractivity contribution in [1.82, 2.24) is 15.3 Å². The van der Waals surface area contributed by atoms with Crippen LogP contribution in [-0.4, -0.2) is 22.1 Å². The molecule has 94 valence electrons. The maximum atomic E-state index is 11.9. The van der Waals surface area contributed by atoms with Crippen molar-refractivity contribution >= 4 is 11.6 Å². The van der Waals surface area contributed by atoms with E-state index in [9.17, 15) is 9.90 Å². The average molecular weight is 266 g/mol. The van der Waals surface area contributed by atoms with Crippen molar-refractivity contribution in [3.05, 3.63) is 45.5 Å². The molecule has 5 nitrogen and oxygen atoms in total.